The quantitative estimate of drug-likeness (QED) is 0.443. The molecule has 0 saturated heterocycles. The van der Waals surface area contributed by atoms with Crippen LogP contribution in [0.25, 0.3) is 11.1 Å². The minimum Gasteiger partial charge on any atom is -0.325 e. The molecule has 1 atom stereocenters. The molecule has 4 rings (SSSR count). The summed E-state index contributed by atoms with van der Waals surface area (Å²) in [5.41, 5.74) is 11.0. The first-order valence-corrected chi connectivity index (χ1v) is 10.5. The molecule has 0 fully saturated rings. The molecule has 0 aliphatic rings. The molecule has 5 nitrogen and oxygen atoms in total. The van der Waals surface area contributed by atoms with Gasteiger partial charge >= 0.3 is 0 Å². The maximum Gasteiger partial charge on any atom is 0.250 e. The summed E-state index contributed by atoms with van der Waals surface area (Å²) in [6, 6.07) is 29.7. The molecular weight excluding hydrogens is 434 g/mol. The Bertz CT molecular complexity index is 1220. The highest BCUT2D eigenvalue weighted by atomic mass is 35.5. The van der Waals surface area contributed by atoms with E-state index in [4.69, 9.17) is 5.73 Å². The van der Waals surface area contributed by atoms with Gasteiger partial charge in [0.15, 0.2) is 0 Å². The number of carbonyl (C=O) groups is 1. The smallest absolute Gasteiger partial charge is 0.250 e. The van der Waals surface area contributed by atoms with Gasteiger partial charge in [0.1, 0.15) is 0 Å². The van der Waals surface area contributed by atoms with Crippen molar-refractivity contribution >= 4 is 24.0 Å². The van der Waals surface area contributed by atoms with Crippen LogP contribution in [0.2, 0.25) is 0 Å². The fourth-order valence-corrected chi connectivity index (χ4v) is 3.82. The molecular formula is C27H26ClN3O2. The third-order valence-electron chi connectivity index (χ3n) is 5.55. The average Bonchev–Trinajstić information content (AvgIpc) is 2.83. The van der Waals surface area contributed by atoms with Crippen molar-refractivity contribution in [3.8, 4) is 11.1 Å². The number of pyridine rings is 1. The van der Waals surface area contributed by atoms with Crippen LogP contribution in [0, 0.1) is 0 Å². The number of halogens is 1. The molecule has 33 heavy (non-hydrogen) atoms. The minimum atomic E-state index is -0.761. The first kappa shape index (κ1) is 24.0. The monoisotopic (exact) mass is 459 g/mol. The Morgan fingerprint density at radius 1 is 0.788 bits per heavy atom. The van der Waals surface area contributed by atoms with E-state index in [-0.39, 0.29) is 29.8 Å². The highest BCUT2D eigenvalue weighted by molar-refractivity contribution is 5.96. The van der Waals surface area contributed by atoms with Crippen LogP contribution in [-0.4, -0.2) is 16.5 Å². The van der Waals surface area contributed by atoms with Crippen molar-refractivity contribution in [1.29, 1.82) is 0 Å². The number of aromatic nitrogens is 1. The van der Waals surface area contributed by atoms with Gasteiger partial charge in [-0.3, -0.25) is 9.59 Å². The van der Waals surface area contributed by atoms with E-state index in [9.17, 15) is 9.59 Å². The lowest BCUT2D eigenvalue weighted by Gasteiger charge is -2.24. The van der Waals surface area contributed by atoms with E-state index < -0.39 is 6.04 Å². The fraction of sp³-hybridized carbons (Fsp3) is 0.111. The van der Waals surface area contributed by atoms with Gasteiger partial charge in [-0.25, -0.2) is 0 Å². The second kappa shape index (κ2) is 10.8. The second-order valence-corrected chi connectivity index (χ2v) is 7.76. The van der Waals surface area contributed by atoms with Crippen molar-refractivity contribution in [2.24, 2.45) is 12.8 Å². The van der Waals surface area contributed by atoms with Crippen molar-refractivity contribution in [2.75, 3.05) is 5.32 Å². The zero-order valence-corrected chi connectivity index (χ0v) is 19.0. The molecule has 3 N–H and O–H groups in total. The summed E-state index contributed by atoms with van der Waals surface area (Å²) in [4.78, 5) is 24.7. The SMILES string of the molecule is Cl.Cn1cc(-c2ccc(NC(=O)C(N)C(c3ccccc3)c3ccccc3)cc2)ccc1=O. The van der Waals surface area contributed by atoms with Crippen LogP contribution < -0.4 is 16.6 Å². The topological polar surface area (TPSA) is 77.1 Å². The predicted octanol–water partition coefficient (Wildman–Crippen LogP) is 4.57. The summed E-state index contributed by atoms with van der Waals surface area (Å²) >= 11 is 0. The van der Waals surface area contributed by atoms with Crippen LogP contribution in [0.5, 0.6) is 0 Å². The molecule has 6 heteroatoms. The number of carbonyl (C=O) groups excluding carboxylic acids is 1. The minimum absolute atomic E-state index is 0. The molecule has 4 aromatic rings. The van der Waals surface area contributed by atoms with E-state index in [1.165, 1.54) is 10.6 Å². The fourth-order valence-electron chi connectivity index (χ4n) is 3.82. The maximum atomic E-state index is 13.1. The molecule has 168 valence electrons. The number of hydrogen-bond donors (Lipinski definition) is 2. The Labute approximate surface area is 199 Å². The van der Waals surface area contributed by atoms with Crippen LogP contribution in [0.15, 0.2) is 108 Å². The summed E-state index contributed by atoms with van der Waals surface area (Å²) in [5.74, 6) is -0.514. The van der Waals surface area contributed by atoms with Gasteiger partial charge in [0.05, 0.1) is 6.04 Å². The number of anilines is 1. The molecule has 0 bridgehead atoms. The summed E-state index contributed by atoms with van der Waals surface area (Å²) in [5, 5.41) is 2.94. The van der Waals surface area contributed by atoms with Crippen LogP contribution in [-0.2, 0) is 11.8 Å². The lowest BCUT2D eigenvalue weighted by molar-refractivity contribution is -0.117. The van der Waals surface area contributed by atoms with Gasteiger partial charge < -0.3 is 15.6 Å². The first-order chi connectivity index (χ1) is 15.5. The number of rotatable bonds is 6. The Morgan fingerprint density at radius 3 is 1.82 bits per heavy atom. The number of hydrogen-bond acceptors (Lipinski definition) is 3. The van der Waals surface area contributed by atoms with Crippen molar-refractivity contribution < 1.29 is 4.79 Å². The van der Waals surface area contributed by atoms with Gasteiger partial charge in [-0.2, -0.15) is 0 Å². The number of aryl methyl sites for hydroxylation is 1. The molecule has 0 aliphatic heterocycles. The Hall–Kier alpha value is -3.67. The van der Waals surface area contributed by atoms with Crippen LogP contribution in [0.3, 0.4) is 0 Å². The first-order valence-electron chi connectivity index (χ1n) is 10.5. The van der Waals surface area contributed by atoms with Crippen molar-refractivity contribution in [2.45, 2.75) is 12.0 Å². The zero-order valence-electron chi connectivity index (χ0n) is 18.2. The molecule has 1 heterocycles. The Balaban J connectivity index is 0.00000306. The van der Waals surface area contributed by atoms with Gasteiger partial charge in [-0.1, -0.05) is 72.8 Å². The molecule has 3 aromatic carbocycles. The van der Waals surface area contributed by atoms with E-state index >= 15 is 0 Å². The average molecular weight is 460 g/mol. The summed E-state index contributed by atoms with van der Waals surface area (Å²) in [6.45, 7) is 0. The third-order valence-corrected chi connectivity index (χ3v) is 5.55. The summed E-state index contributed by atoms with van der Waals surface area (Å²) in [6.07, 6.45) is 1.79. The van der Waals surface area contributed by atoms with Crippen LogP contribution >= 0.6 is 12.4 Å². The van der Waals surface area contributed by atoms with Gasteiger partial charge in [0.25, 0.3) is 0 Å². The maximum absolute atomic E-state index is 13.1. The van der Waals surface area contributed by atoms with E-state index in [1.54, 1.807) is 19.3 Å². The van der Waals surface area contributed by atoms with Crippen LogP contribution in [0.1, 0.15) is 17.0 Å². The molecule has 1 aromatic heterocycles. The van der Waals surface area contributed by atoms with Gasteiger partial charge in [-0.15, -0.1) is 12.4 Å². The number of benzene rings is 3. The lowest BCUT2D eigenvalue weighted by atomic mass is 9.85. The Kier molecular flexibility index (Phi) is 7.83. The molecule has 0 spiro atoms. The molecule has 1 amide bonds. The summed E-state index contributed by atoms with van der Waals surface area (Å²) in [7, 11) is 1.72. The molecule has 0 radical (unpaired) electrons. The third kappa shape index (κ3) is 5.58. The zero-order chi connectivity index (χ0) is 22.5. The largest absolute Gasteiger partial charge is 0.325 e. The van der Waals surface area contributed by atoms with Gasteiger partial charge in [-0.05, 0) is 40.5 Å². The second-order valence-electron chi connectivity index (χ2n) is 7.76. The number of nitrogens with two attached hydrogens (primary N) is 1. The number of nitrogens with one attached hydrogen (secondary N) is 1. The lowest BCUT2D eigenvalue weighted by Crippen LogP contribution is -2.41. The van der Waals surface area contributed by atoms with Crippen molar-refractivity contribution in [1.82, 2.24) is 4.57 Å². The highest BCUT2D eigenvalue weighted by Crippen LogP contribution is 2.28. The number of nitrogens with zero attached hydrogens (tertiary/aromatic N) is 1. The molecule has 1 unspecified atom stereocenters. The standard InChI is InChI=1S/C27H25N3O2.ClH/c1-30-18-22(14-17-24(30)31)19-12-15-23(16-13-19)29-27(32)26(28)25(20-8-4-2-5-9-20)21-10-6-3-7-11-21;/h2-18,25-26H,28H2,1H3,(H,29,32);1H. The van der Waals surface area contributed by atoms with Gasteiger partial charge in [0.2, 0.25) is 11.5 Å². The van der Waals surface area contributed by atoms with Crippen molar-refractivity contribution in [3.05, 3.63) is 125 Å². The highest BCUT2D eigenvalue weighted by Gasteiger charge is 2.27. The molecule has 0 saturated carbocycles. The Morgan fingerprint density at radius 2 is 1.30 bits per heavy atom. The normalized spacial score (nSPS) is 11.5. The van der Waals surface area contributed by atoms with Gasteiger partial charge in [0, 0.05) is 30.9 Å². The summed E-state index contributed by atoms with van der Waals surface area (Å²) < 4.78 is 1.54. The van der Waals surface area contributed by atoms with E-state index in [0.29, 0.717) is 5.69 Å². The van der Waals surface area contributed by atoms with E-state index in [2.05, 4.69) is 5.32 Å². The van der Waals surface area contributed by atoms with E-state index in [1.807, 2.05) is 84.9 Å². The molecule has 0 aliphatic carbocycles. The van der Waals surface area contributed by atoms with Crippen LogP contribution in [0.4, 0.5) is 5.69 Å². The number of amides is 1. The predicted molar refractivity (Wildman–Crippen MR) is 136 cm³/mol. The van der Waals surface area contributed by atoms with Crippen molar-refractivity contribution in [3.63, 3.8) is 0 Å². The van der Waals surface area contributed by atoms with E-state index in [0.717, 1.165) is 22.3 Å².